The summed E-state index contributed by atoms with van der Waals surface area (Å²) in [6.07, 6.45) is 67.1. The Balaban J connectivity index is 3.48. The molecule has 0 aromatic carbocycles. The van der Waals surface area contributed by atoms with E-state index in [1.807, 2.05) is 0 Å². The van der Waals surface area contributed by atoms with Crippen molar-refractivity contribution in [1.29, 1.82) is 0 Å². The second kappa shape index (κ2) is 49.0. The highest BCUT2D eigenvalue weighted by Gasteiger charge is 2.13. The largest absolute Gasteiger partial charge is 0.457 e. The molecule has 0 radical (unpaired) electrons. The molecular formula is C52H92O4. The van der Waals surface area contributed by atoms with Crippen molar-refractivity contribution in [3.8, 4) is 0 Å². The van der Waals surface area contributed by atoms with Crippen molar-refractivity contribution in [3.05, 3.63) is 72.9 Å². The zero-order valence-corrected chi connectivity index (χ0v) is 37.1. The molecule has 324 valence electrons. The number of rotatable bonds is 44. The first-order valence-electron chi connectivity index (χ1n) is 24.0. The van der Waals surface area contributed by atoms with E-state index in [4.69, 9.17) is 9.47 Å². The van der Waals surface area contributed by atoms with Gasteiger partial charge in [0.05, 0.1) is 13.2 Å². The lowest BCUT2D eigenvalue weighted by molar-refractivity contribution is -0.154. The van der Waals surface area contributed by atoms with Gasteiger partial charge in [0.15, 0.2) is 0 Å². The topological polar surface area (TPSA) is 55.8 Å². The molecule has 1 N–H and O–H groups in total. The fraction of sp³-hybridized carbons (Fsp3) is 0.750. The van der Waals surface area contributed by atoms with Crippen molar-refractivity contribution in [2.45, 2.75) is 232 Å². The van der Waals surface area contributed by atoms with Crippen molar-refractivity contribution in [2.75, 3.05) is 19.8 Å². The van der Waals surface area contributed by atoms with E-state index in [1.165, 1.54) is 141 Å². The number of aliphatic hydroxyl groups is 1. The van der Waals surface area contributed by atoms with E-state index < -0.39 is 6.10 Å². The zero-order valence-electron chi connectivity index (χ0n) is 37.1. The Morgan fingerprint density at radius 1 is 0.446 bits per heavy atom. The minimum absolute atomic E-state index is 0.196. The maximum Gasteiger partial charge on any atom is 0.306 e. The fourth-order valence-electron chi connectivity index (χ4n) is 6.76. The van der Waals surface area contributed by atoms with Crippen LogP contribution in [0.4, 0.5) is 0 Å². The molecule has 1 atom stereocenters. The molecule has 0 rings (SSSR count). The molecule has 0 fully saturated rings. The Kier molecular flexibility index (Phi) is 47.1. The van der Waals surface area contributed by atoms with Gasteiger partial charge >= 0.3 is 5.97 Å². The molecule has 4 nitrogen and oxygen atoms in total. The maximum absolute atomic E-state index is 12.2. The number of carbonyl (C=O) groups excluding carboxylic acids is 1. The van der Waals surface area contributed by atoms with Crippen LogP contribution in [0.3, 0.4) is 0 Å². The summed E-state index contributed by atoms with van der Waals surface area (Å²) in [4.78, 5) is 12.2. The third-order valence-electron chi connectivity index (χ3n) is 10.3. The first-order chi connectivity index (χ1) is 27.7. The summed E-state index contributed by atoms with van der Waals surface area (Å²) in [5, 5.41) is 9.62. The third-order valence-corrected chi connectivity index (χ3v) is 10.3. The lowest BCUT2D eigenvalue weighted by atomic mass is 10.0. The van der Waals surface area contributed by atoms with Crippen LogP contribution in [0.15, 0.2) is 72.9 Å². The van der Waals surface area contributed by atoms with Gasteiger partial charge < -0.3 is 14.6 Å². The maximum atomic E-state index is 12.2. The van der Waals surface area contributed by atoms with Crippen LogP contribution in [-0.4, -0.2) is 37.0 Å². The van der Waals surface area contributed by atoms with Gasteiger partial charge in [-0.3, -0.25) is 4.79 Å². The summed E-state index contributed by atoms with van der Waals surface area (Å²) >= 11 is 0. The summed E-state index contributed by atoms with van der Waals surface area (Å²) in [5.74, 6) is -0.218. The first-order valence-corrected chi connectivity index (χ1v) is 24.0. The van der Waals surface area contributed by atoms with Crippen LogP contribution in [0, 0.1) is 0 Å². The van der Waals surface area contributed by atoms with Crippen LogP contribution < -0.4 is 0 Å². The van der Waals surface area contributed by atoms with Gasteiger partial charge in [-0.25, -0.2) is 0 Å². The minimum Gasteiger partial charge on any atom is -0.457 e. The lowest BCUT2D eigenvalue weighted by Crippen LogP contribution is -2.27. The van der Waals surface area contributed by atoms with E-state index in [0.717, 1.165) is 64.2 Å². The smallest absolute Gasteiger partial charge is 0.306 e. The second-order valence-electron chi connectivity index (χ2n) is 15.8. The normalized spacial score (nSPS) is 13.0. The van der Waals surface area contributed by atoms with E-state index in [9.17, 15) is 9.90 Å². The summed E-state index contributed by atoms with van der Waals surface area (Å²) in [7, 11) is 0. The molecule has 4 heteroatoms. The number of carbonyl (C=O) groups is 1. The summed E-state index contributed by atoms with van der Waals surface area (Å²) < 4.78 is 11.1. The molecule has 0 aromatic heterocycles. The molecule has 0 aliphatic rings. The number of aliphatic hydroxyl groups excluding tert-OH is 1. The van der Waals surface area contributed by atoms with Crippen molar-refractivity contribution in [3.63, 3.8) is 0 Å². The number of esters is 1. The Hall–Kier alpha value is -2.17. The van der Waals surface area contributed by atoms with Gasteiger partial charge in [-0.1, -0.05) is 234 Å². The van der Waals surface area contributed by atoms with Crippen molar-refractivity contribution >= 4 is 5.97 Å². The molecule has 0 heterocycles. The van der Waals surface area contributed by atoms with Crippen molar-refractivity contribution < 1.29 is 19.4 Å². The van der Waals surface area contributed by atoms with Crippen LogP contribution in [0.2, 0.25) is 0 Å². The Bertz CT molecular complexity index is 958. The number of unbranched alkanes of at least 4 members (excludes halogenated alkanes) is 24. The van der Waals surface area contributed by atoms with E-state index in [2.05, 4.69) is 86.8 Å². The Morgan fingerprint density at radius 2 is 0.786 bits per heavy atom. The second-order valence-corrected chi connectivity index (χ2v) is 15.8. The van der Waals surface area contributed by atoms with Gasteiger partial charge in [0.2, 0.25) is 0 Å². The molecule has 0 amide bonds. The van der Waals surface area contributed by atoms with Crippen molar-refractivity contribution in [2.24, 2.45) is 0 Å². The summed E-state index contributed by atoms with van der Waals surface area (Å²) in [6, 6.07) is 0. The van der Waals surface area contributed by atoms with E-state index >= 15 is 0 Å². The highest BCUT2D eigenvalue weighted by atomic mass is 16.6. The third kappa shape index (κ3) is 46.2. The van der Waals surface area contributed by atoms with Gasteiger partial charge in [-0.05, 0) is 57.8 Å². The van der Waals surface area contributed by atoms with E-state index in [-0.39, 0.29) is 19.2 Å². The van der Waals surface area contributed by atoms with Gasteiger partial charge in [0.1, 0.15) is 6.10 Å². The molecule has 0 aromatic rings. The number of ether oxygens (including phenoxy) is 2. The van der Waals surface area contributed by atoms with Crippen LogP contribution in [0.5, 0.6) is 0 Å². The van der Waals surface area contributed by atoms with Crippen LogP contribution >= 0.6 is 0 Å². The molecule has 0 saturated heterocycles. The Morgan fingerprint density at radius 3 is 1.14 bits per heavy atom. The molecule has 56 heavy (non-hydrogen) atoms. The standard InChI is InChI=1S/C52H92O4/c1-3-5-7-9-11-13-15-17-19-21-23-25-26-27-28-29-31-33-35-37-39-41-43-45-47-52(54)56-51(49-53)50-55-48-46-44-42-40-38-36-34-32-30-24-22-20-18-16-14-12-10-8-6-4-2/h6,8,12,14,18,20,24,30,34,36,40,42,51,53H,3-5,7,9-11,13,15-17,19,21-23,25-29,31-33,35,37-39,41,43-50H2,1-2H3/b8-6-,14-12-,20-18-,30-24-,36-34-,42-40-. The highest BCUT2D eigenvalue weighted by Crippen LogP contribution is 2.16. The van der Waals surface area contributed by atoms with E-state index in [0.29, 0.717) is 13.0 Å². The van der Waals surface area contributed by atoms with Gasteiger partial charge in [0.25, 0.3) is 0 Å². The SMILES string of the molecule is CC/C=C\C/C=C\C/C=C\C/C=C\C/C=C\C/C=C\CCCOCC(CO)OC(=O)CCCCCCCCCCCCCCCCCCCCCCCCCC. The molecule has 1 unspecified atom stereocenters. The van der Waals surface area contributed by atoms with Crippen LogP contribution in [-0.2, 0) is 14.3 Å². The first kappa shape index (κ1) is 53.8. The number of hydrogen-bond donors (Lipinski definition) is 1. The van der Waals surface area contributed by atoms with Crippen LogP contribution in [0.1, 0.15) is 226 Å². The predicted molar refractivity (Wildman–Crippen MR) is 246 cm³/mol. The number of hydrogen-bond acceptors (Lipinski definition) is 4. The van der Waals surface area contributed by atoms with Gasteiger partial charge in [-0.2, -0.15) is 0 Å². The quantitative estimate of drug-likeness (QED) is 0.0380. The Labute approximate surface area is 348 Å². The van der Waals surface area contributed by atoms with E-state index in [1.54, 1.807) is 0 Å². The zero-order chi connectivity index (χ0) is 40.5. The monoisotopic (exact) mass is 781 g/mol. The average molecular weight is 781 g/mol. The van der Waals surface area contributed by atoms with Crippen LogP contribution in [0.25, 0.3) is 0 Å². The number of allylic oxidation sites excluding steroid dienone is 12. The lowest BCUT2D eigenvalue weighted by Gasteiger charge is -2.15. The molecule has 0 aliphatic carbocycles. The minimum atomic E-state index is -0.567. The van der Waals surface area contributed by atoms with Crippen molar-refractivity contribution in [1.82, 2.24) is 0 Å². The molecule has 0 saturated carbocycles. The molecule has 0 spiro atoms. The molecule has 0 aliphatic heterocycles. The molecular weight excluding hydrogens is 689 g/mol. The fourth-order valence-corrected chi connectivity index (χ4v) is 6.76. The van der Waals surface area contributed by atoms with Gasteiger partial charge in [0, 0.05) is 13.0 Å². The average Bonchev–Trinajstić information content (AvgIpc) is 3.20. The predicted octanol–water partition coefficient (Wildman–Crippen LogP) is 16.2. The highest BCUT2D eigenvalue weighted by molar-refractivity contribution is 5.69. The molecule has 0 bridgehead atoms. The van der Waals surface area contributed by atoms with Gasteiger partial charge in [-0.15, -0.1) is 0 Å². The summed E-state index contributed by atoms with van der Waals surface area (Å²) in [6.45, 7) is 5.11. The summed E-state index contributed by atoms with van der Waals surface area (Å²) in [5.41, 5.74) is 0.